The normalized spacial score (nSPS) is 12.0. The molecule has 0 aliphatic carbocycles. The number of benzene rings is 2. The van der Waals surface area contributed by atoms with Gasteiger partial charge in [0.2, 0.25) is 5.91 Å². The molecule has 2 aromatic carbocycles. The Labute approximate surface area is 137 Å². The summed E-state index contributed by atoms with van der Waals surface area (Å²) in [5.74, 6) is -0.0697. The summed E-state index contributed by atoms with van der Waals surface area (Å²) in [5, 5.41) is 3.38. The van der Waals surface area contributed by atoms with Gasteiger partial charge in [0, 0.05) is 22.6 Å². The number of carbonyl (C=O) groups excluding carboxylic acids is 1. The lowest BCUT2D eigenvalue weighted by Crippen LogP contribution is -2.16. The zero-order valence-corrected chi connectivity index (χ0v) is 13.7. The molecule has 1 atom stereocenters. The minimum atomic E-state index is -0.134. The van der Waals surface area contributed by atoms with Crippen LogP contribution in [0.5, 0.6) is 0 Å². The second-order valence-electron chi connectivity index (χ2n) is 4.73. The minimum absolute atomic E-state index is 0.0697. The van der Waals surface area contributed by atoms with Crippen LogP contribution in [-0.2, 0) is 4.79 Å². The van der Waals surface area contributed by atoms with Crippen LogP contribution in [0.25, 0.3) is 0 Å². The number of amides is 1. The lowest BCUT2D eigenvalue weighted by Gasteiger charge is -2.12. The predicted octanol–water partition coefficient (Wildman–Crippen LogP) is 4.52. The molecule has 3 N–H and O–H groups in total. The Morgan fingerprint density at radius 2 is 1.95 bits per heavy atom. The van der Waals surface area contributed by atoms with Crippen molar-refractivity contribution in [3.8, 4) is 0 Å². The van der Waals surface area contributed by atoms with Gasteiger partial charge in [0.15, 0.2) is 0 Å². The van der Waals surface area contributed by atoms with Crippen LogP contribution in [0.1, 0.15) is 24.4 Å². The van der Waals surface area contributed by atoms with E-state index < -0.39 is 0 Å². The van der Waals surface area contributed by atoms with Crippen LogP contribution in [0, 0.1) is 0 Å². The monoisotopic (exact) mass is 366 g/mol. The third-order valence-electron chi connectivity index (χ3n) is 3.11. The van der Waals surface area contributed by atoms with Crippen LogP contribution in [0.15, 0.2) is 53.0 Å². The maximum absolute atomic E-state index is 11.9. The Kier molecular flexibility index (Phi) is 5.79. The molecule has 0 bridgehead atoms. The maximum Gasteiger partial charge on any atom is 0.224 e. The zero-order chi connectivity index (χ0) is 15.2. The molecule has 0 fully saturated rings. The summed E-state index contributed by atoms with van der Waals surface area (Å²) in [4.78, 5) is 11.9. The topological polar surface area (TPSA) is 55.1 Å². The van der Waals surface area contributed by atoms with Crippen LogP contribution >= 0.6 is 27.5 Å². The number of hydrogen-bond donors (Lipinski definition) is 2. The van der Waals surface area contributed by atoms with Gasteiger partial charge in [0.25, 0.3) is 0 Å². The van der Waals surface area contributed by atoms with E-state index in [4.69, 9.17) is 17.3 Å². The van der Waals surface area contributed by atoms with Gasteiger partial charge < -0.3 is 11.1 Å². The van der Waals surface area contributed by atoms with E-state index in [0.717, 1.165) is 10.0 Å². The SMILES string of the molecule is NC(CCC(=O)Nc1ccc(Br)c(Cl)c1)c1ccccc1. The third-order valence-corrected chi connectivity index (χ3v) is 4.35. The van der Waals surface area contributed by atoms with E-state index >= 15 is 0 Å². The molecule has 0 aliphatic rings. The van der Waals surface area contributed by atoms with Gasteiger partial charge in [-0.2, -0.15) is 0 Å². The number of halogens is 2. The number of anilines is 1. The van der Waals surface area contributed by atoms with Gasteiger partial charge in [0.1, 0.15) is 0 Å². The van der Waals surface area contributed by atoms with Crippen LogP contribution in [-0.4, -0.2) is 5.91 Å². The fraction of sp³-hybridized carbons (Fsp3) is 0.188. The molecule has 0 saturated heterocycles. The first-order valence-corrected chi connectivity index (χ1v) is 7.79. The summed E-state index contributed by atoms with van der Waals surface area (Å²) in [6, 6.07) is 14.9. The third kappa shape index (κ3) is 4.84. The molecule has 2 rings (SSSR count). The van der Waals surface area contributed by atoms with Gasteiger partial charge >= 0.3 is 0 Å². The number of nitrogens with two attached hydrogens (primary N) is 1. The van der Waals surface area contributed by atoms with Crippen LogP contribution < -0.4 is 11.1 Å². The molecule has 5 heteroatoms. The van der Waals surface area contributed by atoms with Gasteiger partial charge in [0.05, 0.1) is 5.02 Å². The molecular weight excluding hydrogens is 352 g/mol. The first kappa shape index (κ1) is 16.0. The van der Waals surface area contributed by atoms with E-state index in [1.165, 1.54) is 0 Å². The van der Waals surface area contributed by atoms with Crippen molar-refractivity contribution in [3.63, 3.8) is 0 Å². The summed E-state index contributed by atoms with van der Waals surface area (Å²) < 4.78 is 0.799. The van der Waals surface area contributed by atoms with E-state index in [9.17, 15) is 4.79 Å². The highest BCUT2D eigenvalue weighted by molar-refractivity contribution is 9.10. The molecule has 3 nitrogen and oxygen atoms in total. The Hall–Kier alpha value is -1.36. The van der Waals surface area contributed by atoms with Gasteiger partial charge in [-0.25, -0.2) is 0 Å². The Morgan fingerprint density at radius 3 is 2.62 bits per heavy atom. The van der Waals surface area contributed by atoms with Crippen molar-refractivity contribution >= 4 is 39.1 Å². The molecule has 0 radical (unpaired) electrons. The lowest BCUT2D eigenvalue weighted by atomic mass is 10.0. The molecular formula is C16H16BrClN2O. The molecule has 2 aromatic rings. The van der Waals surface area contributed by atoms with Crippen molar-refractivity contribution in [1.29, 1.82) is 0 Å². The summed E-state index contributed by atoms with van der Waals surface area (Å²) >= 11 is 9.30. The second-order valence-corrected chi connectivity index (χ2v) is 5.99. The number of rotatable bonds is 5. The molecule has 0 aliphatic heterocycles. The smallest absolute Gasteiger partial charge is 0.224 e. The first-order chi connectivity index (χ1) is 10.1. The highest BCUT2D eigenvalue weighted by Gasteiger charge is 2.09. The van der Waals surface area contributed by atoms with E-state index in [1.807, 2.05) is 30.3 Å². The van der Waals surface area contributed by atoms with Crippen molar-refractivity contribution in [3.05, 3.63) is 63.6 Å². The van der Waals surface area contributed by atoms with E-state index in [-0.39, 0.29) is 11.9 Å². The summed E-state index contributed by atoms with van der Waals surface area (Å²) in [5.41, 5.74) is 7.79. The quantitative estimate of drug-likeness (QED) is 0.816. The minimum Gasteiger partial charge on any atom is -0.326 e. The van der Waals surface area contributed by atoms with E-state index in [2.05, 4.69) is 21.2 Å². The molecule has 21 heavy (non-hydrogen) atoms. The first-order valence-electron chi connectivity index (χ1n) is 6.61. The number of hydrogen-bond acceptors (Lipinski definition) is 2. The van der Waals surface area contributed by atoms with E-state index in [0.29, 0.717) is 23.6 Å². The highest BCUT2D eigenvalue weighted by Crippen LogP contribution is 2.25. The summed E-state index contributed by atoms with van der Waals surface area (Å²) in [7, 11) is 0. The zero-order valence-electron chi connectivity index (χ0n) is 11.4. The van der Waals surface area contributed by atoms with Crippen molar-refractivity contribution < 1.29 is 4.79 Å². The molecule has 110 valence electrons. The maximum atomic E-state index is 11.9. The van der Waals surface area contributed by atoms with Crippen LogP contribution in [0.3, 0.4) is 0 Å². The van der Waals surface area contributed by atoms with Crippen molar-refractivity contribution in [2.75, 3.05) is 5.32 Å². The second kappa shape index (κ2) is 7.59. The summed E-state index contributed by atoms with van der Waals surface area (Å²) in [6.07, 6.45) is 0.962. The summed E-state index contributed by atoms with van der Waals surface area (Å²) in [6.45, 7) is 0. The lowest BCUT2D eigenvalue weighted by molar-refractivity contribution is -0.116. The van der Waals surface area contributed by atoms with E-state index in [1.54, 1.807) is 18.2 Å². The van der Waals surface area contributed by atoms with Crippen molar-refractivity contribution in [2.45, 2.75) is 18.9 Å². The van der Waals surface area contributed by atoms with Gasteiger partial charge in [-0.05, 0) is 46.1 Å². The van der Waals surface area contributed by atoms with Crippen LogP contribution in [0.2, 0.25) is 5.02 Å². The molecule has 0 aromatic heterocycles. The molecule has 1 amide bonds. The Bertz CT molecular complexity index is 619. The molecule has 0 heterocycles. The largest absolute Gasteiger partial charge is 0.326 e. The highest BCUT2D eigenvalue weighted by atomic mass is 79.9. The van der Waals surface area contributed by atoms with Gasteiger partial charge in [-0.15, -0.1) is 0 Å². The van der Waals surface area contributed by atoms with Crippen molar-refractivity contribution in [2.24, 2.45) is 5.73 Å². The predicted molar refractivity (Wildman–Crippen MR) is 90.4 cm³/mol. The standard InChI is InChI=1S/C16H16BrClN2O/c17-13-7-6-12(10-14(13)18)20-16(21)9-8-15(19)11-4-2-1-3-5-11/h1-7,10,15H,8-9,19H2,(H,20,21). The van der Waals surface area contributed by atoms with Crippen LogP contribution in [0.4, 0.5) is 5.69 Å². The number of nitrogens with one attached hydrogen (secondary N) is 1. The fourth-order valence-corrected chi connectivity index (χ4v) is 2.38. The van der Waals surface area contributed by atoms with Gasteiger partial charge in [-0.1, -0.05) is 41.9 Å². The van der Waals surface area contributed by atoms with Gasteiger partial charge in [-0.3, -0.25) is 4.79 Å². The average molecular weight is 368 g/mol. The molecule has 1 unspecified atom stereocenters. The Balaban J connectivity index is 1.86. The molecule has 0 saturated carbocycles. The Morgan fingerprint density at radius 1 is 1.24 bits per heavy atom. The van der Waals surface area contributed by atoms with Crippen molar-refractivity contribution in [1.82, 2.24) is 0 Å². The average Bonchev–Trinajstić information content (AvgIpc) is 2.49. The number of carbonyl (C=O) groups is 1. The molecule has 0 spiro atoms. The fourth-order valence-electron chi connectivity index (χ4n) is 1.95.